The van der Waals surface area contributed by atoms with Crippen LogP contribution in [-0.2, 0) is 30.4 Å². The highest BCUT2D eigenvalue weighted by molar-refractivity contribution is 7.13. The first-order valence-electron chi connectivity index (χ1n) is 23.7. The van der Waals surface area contributed by atoms with Crippen LogP contribution in [0.5, 0.6) is 11.5 Å². The molecule has 384 valence electrons. The normalized spacial score (nSPS) is 18.2. The summed E-state index contributed by atoms with van der Waals surface area (Å²) in [6.45, 7) is 12.2. The van der Waals surface area contributed by atoms with E-state index in [9.17, 15) is 28.7 Å². The van der Waals surface area contributed by atoms with Crippen LogP contribution in [0.25, 0.3) is 10.4 Å². The van der Waals surface area contributed by atoms with E-state index in [2.05, 4.69) is 41.1 Å². The van der Waals surface area contributed by atoms with Gasteiger partial charge in [-0.2, -0.15) is 4.98 Å². The summed E-state index contributed by atoms with van der Waals surface area (Å²) in [7, 11) is 3.25. The second kappa shape index (κ2) is 23.7. The van der Waals surface area contributed by atoms with Crippen LogP contribution < -0.4 is 30.7 Å². The first-order chi connectivity index (χ1) is 34.0. The summed E-state index contributed by atoms with van der Waals surface area (Å²) >= 11 is 7.62. The Morgan fingerprint density at radius 2 is 1.72 bits per heavy atom. The van der Waals surface area contributed by atoms with Crippen LogP contribution in [0.15, 0.2) is 48.1 Å². The first-order valence-corrected chi connectivity index (χ1v) is 25.0. The lowest BCUT2D eigenvalue weighted by Crippen LogP contribution is -2.59. The Kier molecular flexibility index (Phi) is 17.7. The van der Waals surface area contributed by atoms with Gasteiger partial charge in [-0.25, -0.2) is 14.4 Å². The Hall–Kier alpha value is -5.71. The molecule has 1 aliphatic carbocycles. The van der Waals surface area contributed by atoms with Crippen molar-refractivity contribution in [2.45, 2.75) is 77.4 Å². The Morgan fingerprint density at radius 1 is 0.986 bits per heavy atom. The minimum atomic E-state index is -1.98. The fourth-order valence-electron chi connectivity index (χ4n) is 8.31. The lowest BCUT2D eigenvalue weighted by atomic mass is 9.85. The second-order valence-electron chi connectivity index (χ2n) is 18.8. The molecule has 1 unspecified atom stereocenters. The van der Waals surface area contributed by atoms with Gasteiger partial charge in [-0.1, -0.05) is 44.5 Å². The topological polar surface area (TPSA) is 222 Å². The molecule has 71 heavy (non-hydrogen) atoms. The third-order valence-electron chi connectivity index (χ3n) is 12.6. The van der Waals surface area contributed by atoms with Crippen LogP contribution in [0.3, 0.4) is 0 Å². The zero-order chi connectivity index (χ0) is 50.9. The Labute approximate surface area is 422 Å². The van der Waals surface area contributed by atoms with Crippen LogP contribution in [0.4, 0.5) is 21.8 Å². The van der Waals surface area contributed by atoms with Crippen molar-refractivity contribution in [1.82, 2.24) is 40.3 Å². The van der Waals surface area contributed by atoms with Crippen molar-refractivity contribution in [3.05, 3.63) is 69.9 Å². The first kappa shape index (κ1) is 53.1. The van der Waals surface area contributed by atoms with Gasteiger partial charge in [0.15, 0.2) is 5.67 Å². The predicted octanol–water partition coefficient (Wildman–Crippen LogP) is 4.84. The molecule has 3 aliphatic rings. The van der Waals surface area contributed by atoms with E-state index in [-0.39, 0.29) is 51.5 Å². The van der Waals surface area contributed by atoms with Gasteiger partial charge in [-0.15, -0.1) is 11.3 Å². The zero-order valence-corrected chi connectivity index (χ0v) is 42.6. The van der Waals surface area contributed by atoms with E-state index >= 15 is 0 Å². The largest absolute Gasteiger partial charge is 0.495 e. The minimum absolute atomic E-state index is 0.0119. The SMILES string of the molecule is CNc1nc(Nc2ccc(C(=O)N3CCN(CCOCCOCCOc4cc(-c5scnc5C)ccc4CNC(=O)[C@H]4C[C@@H](O)CN4C(=O)C(NC(=O)C4(F)CC4)C(C)(C)C)CC3)cc2OC)ncc1Cl. The summed E-state index contributed by atoms with van der Waals surface area (Å²) in [6, 6.07) is 8.81. The summed E-state index contributed by atoms with van der Waals surface area (Å²) in [4.78, 5) is 73.1. The van der Waals surface area contributed by atoms with E-state index in [0.717, 1.165) is 16.1 Å². The average molecular weight is 1020 g/mol. The monoisotopic (exact) mass is 1020 g/mol. The van der Waals surface area contributed by atoms with Gasteiger partial charge in [0.25, 0.3) is 11.8 Å². The van der Waals surface area contributed by atoms with Crippen molar-refractivity contribution < 1.29 is 47.6 Å². The van der Waals surface area contributed by atoms with Crippen molar-refractivity contribution in [1.29, 1.82) is 0 Å². The van der Waals surface area contributed by atoms with E-state index in [0.29, 0.717) is 97.6 Å². The molecule has 2 aromatic carbocycles. The molecule has 4 aromatic rings. The number of aliphatic hydroxyl groups is 1. The summed E-state index contributed by atoms with van der Waals surface area (Å²) in [5.74, 6) is -0.130. The van der Waals surface area contributed by atoms with Gasteiger partial charge in [-0.05, 0) is 55.0 Å². The number of anilines is 3. The van der Waals surface area contributed by atoms with E-state index in [1.807, 2.05) is 30.0 Å². The molecular weight excluding hydrogens is 959 g/mol. The molecule has 0 spiro atoms. The summed E-state index contributed by atoms with van der Waals surface area (Å²) < 4.78 is 38.2. The van der Waals surface area contributed by atoms with Gasteiger partial charge in [0, 0.05) is 70.4 Å². The molecule has 19 nitrogen and oxygen atoms in total. The maximum Gasteiger partial charge on any atom is 0.258 e. The number of aromatic nitrogens is 3. The van der Waals surface area contributed by atoms with Gasteiger partial charge < -0.3 is 55.1 Å². The van der Waals surface area contributed by atoms with E-state index < -0.39 is 47.0 Å². The number of rotatable bonds is 22. The number of halogens is 2. The molecule has 0 bridgehead atoms. The lowest BCUT2D eigenvalue weighted by molar-refractivity contribution is -0.145. The molecule has 2 saturated heterocycles. The number of alkyl halides is 1. The van der Waals surface area contributed by atoms with Crippen molar-refractivity contribution >= 4 is 64.0 Å². The number of aliphatic hydroxyl groups excluding tert-OH is 1. The third kappa shape index (κ3) is 13.6. The molecule has 3 fully saturated rings. The number of nitrogens with one attached hydrogen (secondary N) is 4. The molecule has 0 radical (unpaired) electrons. The van der Waals surface area contributed by atoms with E-state index in [4.69, 9.17) is 30.5 Å². The van der Waals surface area contributed by atoms with Crippen molar-refractivity contribution in [2.75, 3.05) is 97.1 Å². The summed E-state index contributed by atoms with van der Waals surface area (Å²) in [5.41, 5.74) is 2.58. The highest BCUT2D eigenvalue weighted by Gasteiger charge is 2.53. The van der Waals surface area contributed by atoms with Crippen molar-refractivity contribution in [2.24, 2.45) is 5.41 Å². The second-order valence-corrected chi connectivity index (χ2v) is 20.1. The predicted molar refractivity (Wildman–Crippen MR) is 267 cm³/mol. The summed E-state index contributed by atoms with van der Waals surface area (Å²) in [6.07, 6.45) is 0.753. The Morgan fingerprint density at radius 3 is 2.39 bits per heavy atom. The number of likely N-dealkylation sites (tertiary alicyclic amines) is 1. The molecule has 22 heteroatoms. The number of carbonyl (C=O) groups excluding carboxylic acids is 4. The number of methoxy groups -OCH3 is 1. The molecular formula is C49H64ClFN10O9S. The van der Waals surface area contributed by atoms with Gasteiger partial charge in [0.05, 0.1) is 67.6 Å². The van der Waals surface area contributed by atoms with E-state index in [1.54, 1.807) is 51.5 Å². The van der Waals surface area contributed by atoms with Crippen LogP contribution in [0, 0.1) is 12.3 Å². The minimum Gasteiger partial charge on any atom is -0.495 e. The number of ether oxygens (including phenoxy) is 4. The number of aryl methyl sites for hydroxylation is 1. The number of carbonyl (C=O) groups is 4. The highest BCUT2D eigenvalue weighted by atomic mass is 35.5. The van der Waals surface area contributed by atoms with Crippen LogP contribution >= 0.6 is 22.9 Å². The fraction of sp³-hybridized carbons (Fsp3) is 0.531. The van der Waals surface area contributed by atoms with Gasteiger partial charge in [-0.3, -0.25) is 24.1 Å². The van der Waals surface area contributed by atoms with Gasteiger partial charge in [0.2, 0.25) is 17.8 Å². The number of nitrogens with zero attached hydrogens (tertiary/aromatic N) is 6. The van der Waals surface area contributed by atoms with Crippen molar-refractivity contribution in [3.8, 4) is 21.9 Å². The number of hydrogen-bond acceptors (Lipinski definition) is 16. The van der Waals surface area contributed by atoms with Gasteiger partial charge in [0.1, 0.15) is 41.0 Å². The molecule has 4 heterocycles. The van der Waals surface area contributed by atoms with E-state index in [1.165, 1.54) is 29.5 Å². The van der Waals surface area contributed by atoms with Crippen LogP contribution in [-0.4, -0.2) is 169 Å². The molecule has 2 aromatic heterocycles. The average Bonchev–Trinajstić information content (AvgIpc) is 3.76. The quantitative estimate of drug-likeness (QED) is 0.0666. The van der Waals surface area contributed by atoms with Crippen LogP contribution in [0.2, 0.25) is 5.02 Å². The number of amides is 4. The Balaban J connectivity index is 0.834. The number of hydrogen-bond donors (Lipinski definition) is 5. The molecule has 7 rings (SSSR count). The smallest absolute Gasteiger partial charge is 0.258 e. The van der Waals surface area contributed by atoms with Crippen LogP contribution in [0.1, 0.15) is 61.6 Å². The lowest BCUT2D eigenvalue weighted by Gasteiger charge is -2.35. The summed E-state index contributed by atoms with van der Waals surface area (Å²) in [5, 5.41) is 22.6. The number of benzene rings is 2. The molecule has 2 aliphatic heterocycles. The number of β-amino-alcohol motifs (C(OH)–C–C–N with tert-alkyl or cyclic N) is 1. The van der Waals surface area contributed by atoms with Gasteiger partial charge >= 0.3 is 0 Å². The maximum atomic E-state index is 14.6. The molecule has 4 amide bonds. The van der Waals surface area contributed by atoms with Crippen molar-refractivity contribution in [3.63, 3.8) is 0 Å². The molecule has 3 atom stereocenters. The zero-order valence-electron chi connectivity index (χ0n) is 41.0. The Bertz CT molecular complexity index is 2520. The third-order valence-corrected chi connectivity index (χ3v) is 13.9. The number of thiazole rings is 1. The standard InChI is InChI=1S/C49H64ClFN10O9S/c1-30-40(71-29-55-30)31-7-8-33(26-53-43(63)37-25-34(62)28-61(37)45(65)41(48(2,3)4)57-46(66)49(51)11-12-49)38(23-31)70-22-21-69-20-19-68-18-17-59-13-15-60(16-14-59)44(64)32-9-10-36(39(24-32)67-6)56-47-54-27-35(50)42(52-5)58-47/h7-10,23-24,27,29,34,37,41,62H,11-22,25-26,28H2,1-6H3,(H,53,63)(H,57,66)(H2,52,54,56,58)/t34-,37-,41?/m1/s1. The fourth-order valence-corrected chi connectivity index (χ4v) is 9.29. The number of piperazine rings is 1. The maximum absolute atomic E-state index is 14.6. The molecule has 5 N–H and O–H groups in total. The molecule has 1 saturated carbocycles. The highest BCUT2D eigenvalue weighted by Crippen LogP contribution is 2.41.